The molecule has 0 saturated heterocycles. The minimum absolute atomic E-state index is 0.0516. The van der Waals surface area contributed by atoms with E-state index in [1.54, 1.807) is 0 Å². The van der Waals surface area contributed by atoms with Gasteiger partial charge in [0.1, 0.15) is 5.56 Å². The van der Waals surface area contributed by atoms with Crippen LogP contribution in [0.2, 0.25) is 0 Å². The van der Waals surface area contributed by atoms with E-state index in [1.165, 1.54) is 7.11 Å². The van der Waals surface area contributed by atoms with Gasteiger partial charge in [-0.1, -0.05) is 0 Å². The van der Waals surface area contributed by atoms with E-state index < -0.39 is 11.8 Å². The first-order valence-corrected chi connectivity index (χ1v) is 3.42. The Hall–Kier alpha value is -1.78. The van der Waals surface area contributed by atoms with Gasteiger partial charge in [-0.05, 0) is 6.07 Å². The van der Waals surface area contributed by atoms with E-state index in [-0.39, 0.29) is 17.0 Å². The van der Waals surface area contributed by atoms with Gasteiger partial charge >= 0.3 is 5.97 Å². The van der Waals surface area contributed by atoms with E-state index in [0.717, 1.165) is 12.1 Å². The number of ether oxygens (including phenoxy) is 1. The zero-order valence-corrected chi connectivity index (χ0v) is 6.87. The van der Waals surface area contributed by atoms with Gasteiger partial charge in [0.05, 0.1) is 7.11 Å². The first-order valence-electron chi connectivity index (χ1n) is 3.42. The van der Waals surface area contributed by atoms with Gasteiger partial charge in [-0.25, -0.2) is 9.18 Å². The van der Waals surface area contributed by atoms with Gasteiger partial charge < -0.3 is 15.6 Å². The fourth-order valence-corrected chi connectivity index (χ4v) is 0.981. The summed E-state index contributed by atoms with van der Waals surface area (Å²) >= 11 is 0. The molecular formula is C8H8FNO3. The smallest absolute Gasteiger partial charge is 0.339 e. The number of halogens is 1. The third-order valence-electron chi connectivity index (χ3n) is 1.50. The molecule has 0 aliphatic rings. The lowest BCUT2D eigenvalue weighted by atomic mass is 10.1. The molecule has 1 aromatic carbocycles. The number of nitrogen functional groups attached to an aromatic ring is 1. The van der Waals surface area contributed by atoms with Crippen molar-refractivity contribution in [2.24, 2.45) is 0 Å². The second-order valence-electron chi connectivity index (χ2n) is 2.39. The van der Waals surface area contributed by atoms with Crippen LogP contribution in [-0.2, 0) is 0 Å². The summed E-state index contributed by atoms with van der Waals surface area (Å²) in [5, 5.41) is 8.64. The van der Waals surface area contributed by atoms with Gasteiger partial charge in [-0.15, -0.1) is 0 Å². The molecule has 0 aliphatic carbocycles. The number of benzene rings is 1. The zero-order valence-electron chi connectivity index (χ0n) is 6.87. The van der Waals surface area contributed by atoms with Crippen LogP contribution in [0.5, 0.6) is 5.75 Å². The van der Waals surface area contributed by atoms with Crippen LogP contribution in [0, 0.1) is 5.82 Å². The number of nitrogens with two attached hydrogens (primary N) is 1. The highest BCUT2D eigenvalue weighted by Gasteiger charge is 2.15. The van der Waals surface area contributed by atoms with E-state index >= 15 is 0 Å². The van der Waals surface area contributed by atoms with Crippen molar-refractivity contribution in [1.29, 1.82) is 0 Å². The summed E-state index contributed by atoms with van der Waals surface area (Å²) in [5.41, 5.74) is 5.04. The quantitative estimate of drug-likeness (QED) is 0.677. The predicted molar refractivity (Wildman–Crippen MR) is 44.3 cm³/mol. The molecule has 0 unspecified atom stereocenters. The highest BCUT2D eigenvalue weighted by molar-refractivity contribution is 5.92. The summed E-state index contributed by atoms with van der Waals surface area (Å²) in [6.07, 6.45) is 0. The first kappa shape index (κ1) is 9.31. The zero-order chi connectivity index (χ0) is 10.0. The Morgan fingerprint density at radius 1 is 1.62 bits per heavy atom. The number of rotatable bonds is 2. The number of hydrogen-bond donors (Lipinski definition) is 2. The Bertz CT molecular complexity index is 351. The maximum absolute atomic E-state index is 13.0. The molecule has 0 bridgehead atoms. The summed E-state index contributed by atoms with van der Waals surface area (Å²) in [6.45, 7) is 0. The number of aromatic carboxylic acids is 1. The molecule has 0 spiro atoms. The number of carbonyl (C=O) groups is 1. The van der Waals surface area contributed by atoms with Crippen LogP contribution in [-0.4, -0.2) is 18.2 Å². The van der Waals surface area contributed by atoms with Crippen molar-refractivity contribution in [2.75, 3.05) is 12.8 Å². The SMILES string of the molecule is COc1c(F)cc(N)cc1C(=O)O. The van der Waals surface area contributed by atoms with Crippen LogP contribution in [0.3, 0.4) is 0 Å². The van der Waals surface area contributed by atoms with Gasteiger partial charge in [-0.3, -0.25) is 0 Å². The van der Waals surface area contributed by atoms with E-state index in [2.05, 4.69) is 4.74 Å². The van der Waals surface area contributed by atoms with Gasteiger partial charge in [0, 0.05) is 11.8 Å². The van der Waals surface area contributed by atoms with E-state index in [1.807, 2.05) is 0 Å². The fourth-order valence-electron chi connectivity index (χ4n) is 0.981. The molecular weight excluding hydrogens is 177 g/mol. The molecule has 3 N–H and O–H groups in total. The van der Waals surface area contributed by atoms with Crippen molar-refractivity contribution in [2.45, 2.75) is 0 Å². The van der Waals surface area contributed by atoms with Gasteiger partial charge in [0.2, 0.25) is 0 Å². The molecule has 5 heteroatoms. The molecule has 0 radical (unpaired) electrons. The molecule has 0 aliphatic heterocycles. The van der Waals surface area contributed by atoms with E-state index in [4.69, 9.17) is 10.8 Å². The van der Waals surface area contributed by atoms with Crippen molar-refractivity contribution in [3.8, 4) is 5.75 Å². The van der Waals surface area contributed by atoms with Crippen LogP contribution in [0.4, 0.5) is 10.1 Å². The summed E-state index contributed by atoms with van der Waals surface area (Å²) in [6, 6.07) is 2.15. The lowest BCUT2D eigenvalue weighted by Gasteiger charge is -2.06. The highest BCUT2D eigenvalue weighted by atomic mass is 19.1. The van der Waals surface area contributed by atoms with Crippen molar-refractivity contribution in [1.82, 2.24) is 0 Å². The molecule has 0 heterocycles. The summed E-state index contributed by atoms with van der Waals surface area (Å²) in [4.78, 5) is 10.6. The maximum Gasteiger partial charge on any atom is 0.339 e. The molecule has 13 heavy (non-hydrogen) atoms. The third-order valence-corrected chi connectivity index (χ3v) is 1.50. The van der Waals surface area contributed by atoms with Gasteiger partial charge in [-0.2, -0.15) is 0 Å². The van der Waals surface area contributed by atoms with E-state index in [0.29, 0.717) is 0 Å². The van der Waals surface area contributed by atoms with Crippen molar-refractivity contribution in [3.63, 3.8) is 0 Å². The Labute approximate surface area is 73.7 Å². The van der Waals surface area contributed by atoms with Crippen LogP contribution >= 0.6 is 0 Å². The van der Waals surface area contributed by atoms with Crippen LogP contribution < -0.4 is 10.5 Å². The average Bonchev–Trinajstić information content (AvgIpc) is 2.02. The third kappa shape index (κ3) is 1.69. The summed E-state index contributed by atoms with van der Waals surface area (Å²) in [5.74, 6) is -2.36. The molecule has 0 saturated carbocycles. The second kappa shape index (κ2) is 3.30. The average molecular weight is 185 g/mol. The molecule has 1 rings (SSSR count). The number of hydrogen-bond acceptors (Lipinski definition) is 3. The lowest BCUT2D eigenvalue weighted by molar-refractivity contribution is 0.0692. The van der Waals surface area contributed by atoms with Crippen LogP contribution in [0.15, 0.2) is 12.1 Å². The lowest BCUT2D eigenvalue weighted by Crippen LogP contribution is -2.04. The summed E-state index contributed by atoms with van der Waals surface area (Å²) in [7, 11) is 1.20. The first-order chi connectivity index (χ1) is 6.06. The normalized spacial score (nSPS) is 9.69. The summed E-state index contributed by atoms with van der Waals surface area (Å²) < 4.78 is 17.6. The molecule has 0 amide bonds. The molecule has 4 nitrogen and oxygen atoms in total. The Balaban J connectivity index is 3.38. The maximum atomic E-state index is 13.0. The predicted octanol–water partition coefficient (Wildman–Crippen LogP) is 1.11. The van der Waals surface area contributed by atoms with Crippen LogP contribution in [0.25, 0.3) is 0 Å². The Kier molecular flexibility index (Phi) is 2.36. The molecule has 0 atom stereocenters. The molecule has 0 aromatic heterocycles. The molecule has 1 aromatic rings. The van der Waals surface area contributed by atoms with E-state index in [9.17, 15) is 9.18 Å². The van der Waals surface area contributed by atoms with Gasteiger partial charge in [0.15, 0.2) is 11.6 Å². The van der Waals surface area contributed by atoms with Gasteiger partial charge in [0.25, 0.3) is 0 Å². The topological polar surface area (TPSA) is 72.5 Å². The van der Waals surface area contributed by atoms with Crippen molar-refractivity contribution in [3.05, 3.63) is 23.5 Å². The van der Waals surface area contributed by atoms with Crippen molar-refractivity contribution >= 4 is 11.7 Å². The standard InChI is InChI=1S/C8H8FNO3/c1-13-7-5(8(11)12)2-4(10)3-6(7)9/h2-3H,10H2,1H3,(H,11,12). The number of carboxylic acids is 1. The number of anilines is 1. The molecule has 70 valence electrons. The number of carboxylic acid groups (broad SMARTS) is 1. The minimum Gasteiger partial charge on any atom is -0.493 e. The number of methoxy groups -OCH3 is 1. The Morgan fingerprint density at radius 3 is 2.69 bits per heavy atom. The Morgan fingerprint density at radius 2 is 2.23 bits per heavy atom. The largest absolute Gasteiger partial charge is 0.493 e. The highest BCUT2D eigenvalue weighted by Crippen LogP contribution is 2.25. The minimum atomic E-state index is -1.27. The second-order valence-corrected chi connectivity index (χ2v) is 2.39. The fraction of sp³-hybridized carbons (Fsp3) is 0.125. The molecule has 0 fully saturated rings. The van der Waals surface area contributed by atoms with Crippen LogP contribution in [0.1, 0.15) is 10.4 Å². The van der Waals surface area contributed by atoms with Crippen molar-refractivity contribution < 1.29 is 19.0 Å². The monoisotopic (exact) mass is 185 g/mol.